The Bertz CT molecular complexity index is 1570. The van der Waals surface area contributed by atoms with E-state index in [9.17, 15) is 9.59 Å². The molecule has 8 nitrogen and oxygen atoms in total. The average molecular weight is 552 g/mol. The van der Waals surface area contributed by atoms with E-state index < -0.39 is 12.0 Å². The topological polar surface area (TPSA) is 70.1 Å². The van der Waals surface area contributed by atoms with Gasteiger partial charge < -0.3 is 29.3 Å². The number of nitrogens with zero attached hydrogens (tertiary/aromatic N) is 4. The van der Waals surface area contributed by atoms with Crippen molar-refractivity contribution >= 4 is 34.1 Å². The molecule has 2 atom stereocenters. The van der Waals surface area contributed by atoms with Crippen LogP contribution < -0.4 is 10.2 Å². The molecule has 8 heteroatoms. The number of aromatic nitrogens is 1. The number of amides is 2. The molecule has 0 radical (unpaired) electrons. The fourth-order valence-electron chi connectivity index (χ4n) is 6.38. The lowest BCUT2D eigenvalue weighted by Crippen LogP contribution is -2.47. The zero-order chi connectivity index (χ0) is 28.5. The first kappa shape index (κ1) is 27.1. The minimum Gasteiger partial charge on any atom is -0.383 e. The number of benzene rings is 3. The van der Waals surface area contributed by atoms with Crippen molar-refractivity contribution in [2.75, 3.05) is 63.7 Å². The Balaban J connectivity index is 1.46. The number of anilines is 2. The number of para-hydroxylation sites is 3. The Morgan fingerprint density at radius 1 is 0.902 bits per heavy atom. The third-order valence-electron chi connectivity index (χ3n) is 8.51. The summed E-state index contributed by atoms with van der Waals surface area (Å²) in [6, 6.07) is 23.2. The van der Waals surface area contributed by atoms with Gasteiger partial charge in [0.05, 0.1) is 29.9 Å². The van der Waals surface area contributed by atoms with Crippen molar-refractivity contribution < 1.29 is 14.3 Å². The van der Waals surface area contributed by atoms with Crippen LogP contribution in [-0.4, -0.2) is 79.7 Å². The van der Waals surface area contributed by atoms with Crippen LogP contribution in [0.4, 0.5) is 11.4 Å². The van der Waals surface area contributed by atoms with Crippen molar-refractivity contribution in [3.63, 3.8) is 0 Å². The van der Waals surface area contributed by atoms with E-state index in [2.05, 4.69) is 51.1 Å². The van der Waals surface area contributed by atoms with Crippen molar-refractivity contribution in [3.8, 4) is 0 Å². The summed E-state index contributed by atoms with van der Waals surface area (Å²) in [5, 5.41) is 4.34. The molecule has 1 aromatic heterocycles. The number of carbonyl (C=O) groups is 2. The highest BCUT2D eigenvalue weighted by Gasteiger charge is 2.45. The van der Waals surface area contributed by atoms with Gasteiger partial charge in [0.1, 0.15) is 0 Å². The van der Waals surface area contributed by atoms with Crippen LogP contribution in [0.15, 0.2) is 79.0 Å². The van der Waals surface area contributed by atoms with E-state index in [1.165, 1.54) is 0 Å². The zero-order valence-electron chi connectivity index (χ0n) is 23.9. The quantitative estimate of drug-likeness (QED) is 0.367. The number of piperazine rings is 1. The number of hydrogen-bond donors (Lipinski definition) is 1. The normalized spacial score (nSPS) is 19.4. The number of nitrogens with one attached hydrogen (secondary N) is 1. The Morgan fingerprint density at radius 3 is 2.41 bits per heavy atom. The fourth-order valence-corrected chi connectivity index (χ4v) is 6.38. The SMILES string of the molecule is COCCN1C(=O)c2ccccc2[C@H](C(=O)Nc2ccccc2N2CCN(C)CC2)[C@H]1c1cn(C)c2ccccc12. The maximum Gasteiger partial charge on any atom is 0.254 e. The summed E-state index contributed by atoms with van der Waals surface area (Å²) < 4.78 is 7.50. The first-order valence-electron chi connectivity index (χ1n) is 14.2. The van der Waals surface area contributed by atoms with Gasteiger partial charge in [-0.3, -0.25) is 9.59 Å². The van der Waals surface area contributed by atoms with E-state index in [-0.39, 0.29) is 11.8 Å². The molecule has 3 aromatic carbocycles. The Labute approximate surface area is 241 Å². The van der Waals surface area contributed by atoms with E-state index in [1.807, 2.05) is 66.5 Å². The number of methoxy groups -OCH3 is 1. The molecule has 1 N–H and O–H groups in total. The molecule has 2 amide bonds. The summed E-state index contributed by atoms with van der Waals surface area (Å²) in [5.74, 6) is -0.837. The van der Waals surface area contributed by atoms with Crippen LogP contribution in [0.2, 0.25) is 0 Å². The van der Waals surface area contributed by atoms with E-state index in [1.54, 1.807) is 7.11 Å². The lowest BCUT2D eigenvalue weighted by molar-refractivity contribution is -0.119. The van der Waals surface area contributed by atoms with Crippen molar-refractivity contribution in [2.24, 2.45) is 7.05 Å². The van der Waals surface area contributed by atoms with Gasteiger partial charge in [0.25, 0.3) is 5.91 Å². The molecule has 2 aliphatic rings. The molecule has 0 bridgehead atoms. The lowest BCUT2D eigenvalue weighted by Gasteiger charge is -2.41. The molecule has 41 heavy (non-hydrogen) atoms. The highest BCUT2D eigenvalue weighted by Crippen LogP contribution is 2.46. The van der Waals surface area contributed by atoms with Crippen molar-refractivity contribution in [1.82, 2.24) is 14.4 Å². The minimum absolute atomic E-state index is 0.0857. The van der Waals surface area contributed by atoms with Crippen LogP contribution in [0.5, 0.6) is 0 Å². The second-order valence-electron chi connectivity index (χ2n) is 11.0. The van der Waals surface area contributed by atoms with Crippen molar-refractivity contribution in [1.29, 1.82) is 0 Å². The van der Waals surface area contributed by atoms with Crippen LogP contribution in [0.1, 0.15) is 33.4 Å². The number of rotatable bonds is 7. The number of aryl methyl sites for hydroxylation is 1. The molecule has 2 aliphatic heterocycles. The lowest BCUT2D eigenvalue weighted by atomic mass is 9.79. The number of carbonyl (C=O) groups excluding carboxylic acids is 2. The molecule has 1 saturated heterocycles. The molecule has 1 fully saturated rings. The van der Waals surface area contributed by atoms with Gasteiger partial charge in [-0.25, -0.2) is 0 Å². The van der Waals surface area contributed by atoms with E-state index >= 15 is 0 Å². The first-order chi connectivity index (χ1) is 20.0. The zero-order valence-corrected chi connectivity index (χ0v) is 23.9. The summed E-state index contributed by atoms with van der Waals surface area (Å²) in [7, 11) is 5.77. The maximum atomic E-state index is 14.6. The monoisotopic (exact) mass is 551 g/mol. The Kier molecular flexibility index (Phi) is 7.51. The second kappa shape index (κ2) is 11.4. The van der Waals surface area contributed by atoms with Gasteiger partial charge in [0.15, 0.2) is 0 Å². The van der Waals surface area contributed by atoms with Crippen LogP contribution >= 0.6 is 0 Å². The molecule has 4 aromatic rings. The van der Waals surface area contributed by atoms with Gasteiger partial charge in [-0.2, -0.15) is 0 Å². The van der Waals surface area contributed by atoms with Crippen LogP contribution in [0, 0.1) is 0 Å². The summed E-state index contributed by atoms with van der Waals surface area (Å²) in [6.45, 7) is 4.48. The number of likely N-dealkylation sites (N-methyl/N-ethyl adjacent to an activating group) is 1. The minimum atomic E-state index is -0.618. The van der Waals surface area contributed by atoms with E-state index in [4.69, 9.17) is 4.74 Å². The third-order valence-corrected chi connectivity index (χ3v) is 8.51. The van der Waals surface area contributed by atoms with E-state index in [0.29, 0.717) is 18.7 Å². The van der Waals surface area contributed by atoms with Gasteiger partial charge in [-0.1, -0.05) is 48.5 Å². The summed E-state index contributed by atoms with van der Waals surface area (Å²) in [6.07, 6.45) is 2.06. The van der Waals surface area contributed by atoms with Gasteiger partial charge in [0.2, 0.25) is 5.91 Å². The average Bonchev–Trinajstić information content (AvgIpc) is 3.33. The molecular formula is C33H37N5O3. The van der Waals surface area contributed by atoms with Gasteiger partial charge >= 0.3 is 0 Å². The number of fused-ring (bicyclic) bond motifs is 2. The Morgan fingerprint density at radius 2 is 1.61 bits per heavy atom. The smallest absolute Gasteiger partial charge is 0.254 e. The van der Waals surface area contributed by atoms with Crippen LogP contribution in [-0.2, 0) is 16.6 Å². The largest absolute Gasteiger partial charge is 0.383 e. The van der Waals surface area contributed by atoms with Gasteiger partial charge in [0, 0.05) is 75.1 Å². The molecule has 0 spiro atoms. The predicted molar refractivity (Wildman–Crippen MR) is 163 cm³/mol. The molecule has 0 saturated carbocycles. The van der Waals surface area contributed by atoms with Gasteiger partial charge in [-0.05, 0) is 36.9 Å². The summed E-state index contributed by atoms with van der Waals surface area (Å²) in [4.78, 5) is 35.0. The molecular weight excluding hydrogens is 514 g/mol. The first-order valence-corrected chi connectivity index (χ1v) is 14.2. The maximum absolute atomic E-state index is 14.6. The van der Waals surface area contributed by atoms with Crippen molar-refractivity contribution in [2.45, 2.75) is 12.0 Å². The molecule has 3 heterocycles. The number of hydrogen-bond acceptors (Lipinski definition) is 5. The predicted octanol–water partition coefficient (Wildman–Crippen LogP) is 4.50. The van der Waals surface area contributed by atoms with E-state index in [0.717, 1.165) is 59.6 Å². The Hall–Kier alpha value is -4.14. The number of ether oxygens (including phenoxy) is 1. The standard InChI is InChI=1S/C33H37N5O3/c1-35-16-18-37(19-17-35)29-15-9-7-13-27(29)34-32(39)30-24-11-4-5-12-25(24)33(40)38(20-21-41-3)31(30)26-22-36(2)28-14-8-6-10-23(26)28/h4-15,22,30-31H,16-21H2,1-3H3,(H,34,39)/t30-,31+/m0/s1. The van der Waals surface area contributed by atoms with Crippen LogP contribution in [0.25, 0.3) is 10.9 Å². The van der Waals surface area contributed by atoms with Crippen molar-refractivity contribution in [3.05, 3.63) is 95.7 Å². The molecule has 0 aliphatic carbocycles. The highest BCUT2D eigenvalue weighted by molar-refractivity contribution is 6.06. The molecule has 6 rings (SSSR count). The summed E-state index contributed by atoms with van der Waals surface area (Å²) in [5.41, 5.74) is 5.13. The second-order valence-corrected chi connectivity index (χ2v) is 11.0. The fraction of sp³-hybridized carbons (Fsp3) is 0.333. The molecule has 212 valence electrons. The molecule has 0 unspecified atom stereocenters. The highest BCUT2D eigenvalue weighted by atomic mass is 16.5. The summed E-state index contributed by atoms with van der Waals surface area (Å²) >= 11 is 0. The third kappa shape index (κ3) is 4.98. The van der Waals surface area contributed by atoms with Crippen LogP contribution in [0.3, 0.4) is 0 Å². The van der Waals surface area contributed by atoms with Gasteiger partial charge in [-0.15, -0.1) is 0 Å².